The number of halogens is 3. The minimum atomic E-state index is -4.41. The van der Waals surface area contributed by atoms with E-state index in [1.165, 1.54) is 6.07 Å². The standard InChI is InChI=1S/C17H14F3NO/c1-9-4-3-5-13(17(18,19)20)15(9)11-6-10(2)16-12(7-11)8-14(22)21-16/h3-7H,8H2,1-2H3,(H,21,22). The third-order valence-corrected chi connectivity index (χ3v) is 3.90. The van der Waals surface area contributed by atoms with Crippen molar-refractivity contribution in [3.8, 4) is 11.1 Å². The molecule has 0 radical (unpaired) electrons. The number of benzene rings is 2. The van der Waals surface area contributed by atoms with Crippen LogP contribution in [0.15, 0.2) is 30.3 Å². The molecule has 1 amide bonds. The SMILES string of the molecule is Cc1cc(-c2c(C)cccc2C(F)(F)F)cc2c1NC(=O)C2. The van der Waals surface area contributed by atoms with Gasteiger partial charge < -0.3 is 5.32 Å². The van der Waals surface area contributed by atoms with Crippen molar-refractivity contribution in [3.05, 3.63) is 52.6 Å². The van der Waals surface area contributed by atoms with E-state index in [4.69, 9.17) is 0 Å². The van der Waals surface area contributed by atoms with Gasteiger partial charge in [-0.1, -0.05) is 12.1 Å². The molecule has 0 saturated carbocycles. The first kappa shape index (κ1) is 14.6. The molecule has 5 heteroatoms. The molecular weight excluding hydrogens is 291 g/mol. The largest absolute Gasteiger partial charge is 0.417 e. The zero-order valence-electron chi connectivity index (χ0n) is 12.1. The lowest BCUT2D eigenvalue weighted by atomic mass is 9.91. The van der Waals surface area contributed by atoms with E-state index in [0.29, 0.717) is 11.1 Å². The molecule has 0 bridgehead atoms. The maximum atomic E-state index is 13.3. The van der Waals surface area contributed by atoms with Gasteiger partial charge in [-0.2, -0.15) is 13.2 Å². The van der Waals surface area contributed by atoms with E-state index in [-0.39, 0.29) is 17.9 Å². The number of carbonyl (C=O) groups is 1. The van der Waals surface area contributed by atoms with E-state index in [2.05, 4.69) is 5.32 Å². The van der Waals surface area contributed by atoms with Crippen LogP contribution in [0.3, 0.4) is 0 Å². The van der Waals surface area contributed by atoms with Crippen LogP contribution in [0.2, 0.25) is 0 Å². The Labute approximate surface area is 126 Å². The summed E-state index contributed by atoms with van der Waals surface area (Å²) in [4.78, 5) is 11.5. The molecule has 1 N–H and O–H groups in total. The van der Waals surface area contributed by atoms with E-state index in [9.17, 15) is 18.0 Å². The predicted octanol–water partition coefficient (Wildman–Crippen LogP) is 4.48. The Hall–Kier alpha value is -2.30. The molecule has 1 aliphatic heterocycles. The van der Waals surface area contributed by atoms with Crippen molar-refractivity contribution in [2.24, 2.45) is 0 Å². The molecule has 1 aliphatic rings. The zero-order valence-corrected chi connectivity index (χ0v) is 12.1. The van der Waals surface area contributed by atoms with Crippen LogP contribution >= 0.6 is 0 Å². The summed E-state index contributed by atoms with van der Waals surface area (Å²) in [6, 6.07) is 7.54. The van der Waals surface area contributed by atoms with Gasteiger partial charge >= 0.3 is 6.18 Å². The molecule has 114 valence electrons. The van der Waals surface area contributed by atoms with Gasteiger partial charge in [-0.3, -0.25) is 4.79 Å². The van der Waals surface area contributed by atoms with Crippen LogP contribution in [-0.4, -0.2) is 5.91 Å². The monoisotopic (exact) mass is 305 g/mol. The Kier molecular flexibility index (Phi) is 3.24. The van der Waals surface area contributed by atoms with Crippen molar-refractivity contribution >= 4 is 11.6 Å². The van der Waals surface area contributed by atoms with Crippen LogP contribution in [-0.2, 0) is 17.4 Å². The van der Waals surface area contributed by atoms with E-state index >= 15 is 0 Å². The summed E-state index contributed by atoms with van der Waals surface area (Å²) in [6.07, 6.45) is -4.21. The predicted molar refractivity (Wildman–Crippen MR) is 78.7 cm³/mol. The Bertz CT molecular complexity index is 778. The minimum Gasteiger partial charge on any atom is -0.325 e. The van der Waals surface area contributed by atoms with Gasteiger partial charge in [0.2, 0.25) is 5.91 Å². The molecule has 0 spiro atoms. The zero-order chi connectivity index (χ0) is 16.1. The maximum absolute atomic E-state index is 13.3. The second kappa shape index (κ2) is 4.87. The average molecular weight is 305 g/mol. The van der Waals surface area contributed by atoms with Crippen LogP contribution in [0.1, 0.15) is 22.3 Å². The van der Waals surface area contributed by atoms with Crippen molar-refractivity contribution in [2.45, 2.75) is 26.4 Å². The normalized spacial score (nSPS) is 14.0. The number of hydrogen-bond donors (Lipinski definition) is 1. The van der Waals surface area contributed by atoms with Crippen LogP contribution in [0.25, 0.3) is 11.1 Å². The minimum absolute atomic E-state index is 0.129. The number of alkyl halides is 3. The molecule has 0 atom stereocenters. The third-order valence-electron chi connectivity index (χ3n) is 3.90. The van der Waals surface area contributed by atoms with Gasteiger partial charge in [0.15, 0.2) is 0 Å². The molecule has 0 saturated heterocycles. The van der Waals surface area contributed by atoms with Crippen LogP contribution in [0.5, 0.6) is 0 Å². The summed E-state index contributed by atoms with van der Waals surface area (Å²) in [5.74, 6) is -0.129. The van der Waals surface area contributed by atoms with Crippen molar-refractivity contribution in [2.75, 3.05) is 5.32 Å². The molecule has 3 rings (SSSR count). The first-order chi connectivity index (χ1) is 10.3. The number of aryl methyl sites for hydroxylation is 2. The van der Waals surface area contributed by atoms with Crippen molar-refractivity contribution in [1.29, 1.82) is 0 Å². The van der Waals surface area contributed by atoms with Gasteiger partial charge in [0.1, 0.15) is 0 Å². The van der Waals surface area contributed by atoms with E-state index in [1.54, 1.807) is 32.0 Å². The molecule has 22 heavy (non-hydrogen) atoms. The molecule has 2 aromatic carbocycles. The smallest absolute Gasteiger partial charge is 0.325 e. The summed E-state index contributed by atoms with van der Waals surface area (Å²) in [5.41, 5.74) is 2.83. The number of fused-ring (bicyclic) bond motifs is 1. The molecule has 2 aromatic rings. The van der Waals surface area contributed by atoms with Gasteiger partial charge in [0, 0.05) is 5.69 Å². The fourth-order valence-electron chi connectivity index (χ4n) is 2.97. The lowest BCUT2D eigenvalue weighted by Crippen LogP contribution is -2.08. The van der Waals surface area contributed by atoms with Crippen LogP contribution in [0, 0.1) is 13.8 Å². The van der Waals surface area contributed by atoms with Gasteiger partial charge in [0.05, 0.1) is 12.0 Å². The highest BCUT2D eigenvalue weighted by Gasteiger charge is 2.34. The molecule has 1 heterocycles. The molecule has 0 aromatic heterocycles. The number of hydrogen-bond acceptors (Lipinski definition) is 1. The summed E-state index contributed by atoms with van der Waals surface area (Å²) in [5, 5.41) is 2.74. The van der Waals surface area contributed by atoms with Crippen LogP contribution < -0.4 is 5.32 Å². The summed E-state index contributed by atoms with van der Waals surface area (Å²) >= 11 is 0. The molecule has 2 nitrogen and oxygen atoms in total. The summed E-state index contributed by atoms with van der Waals surface area (Å²) < 4.78 is 39.9. The Morgan fingerprint density at radius 1 is 1.09 bits per heavy atom. The number of nitrogens with one attached hydrogen (secondary N) is 1. The topological polar surface area (TPSA) is 29.1 Å². The van der Waals surface area contributed by atoms with E-state index in [0.717, 1.165) is 22.9 Å². The van der Waals surface area contributed by atoms with Gasteiger partial charge in [0.25, 0.3) is 0 Å². The second-order valence-electron chi connectivity index (χ2n) is 5.55. The van der Waals surface area contributed by atoms with Gasteiger partial charge in [-0.15, -0.1) is 0 Å². The first-order valence-corrected chi connectivity index (χ1v) is 6.88. The summed E-state index contributed by atoms with van der Waals surface area (Å²) in [6.45, 7) is 3.45. The van der Waals surface area contributed by atoms with Gasteiger partial charge in [-0.05, 0) is 59.9 Å². The number of rotatable bonds is 1. The van der Waals surface area contributed by atoms with E-state index < -0.39 is 11.7 Å². The number of carbonyl (C=O) groups excluding carboxylic acids is 1. The molecule has 0 unspecified atom stereocenters. The fraction of sp³-hybridized carbons (Fsp3) is 0.235. The Balaban J connectivity index is 2.24. The second-order valence-corrected chi connectivity index (χ2v) is 5.55. The number of anilines is 1. The van der Waals surface area contributed by atoms with Crippen molar-refractivity contribution < 1.29 is 18.0 Å². The highest BCUT2D eigenvalue weighted by molar-refractivity contribution is 6.00. The number of amides is 1. The molecule has 0 fully saturated rings. The maximum Gasteiger partial charge on any atom is 0.417 e. The lowest BCUT2D eigenvalue weighted by Gasteiger charge is -2.17. The summed E-state index contributed by atoms with van der Waals surface area (Å²) in [7, 11) is 0. The fourth-order valence-corrected chi connectivity index (χ4v) is 2.97. The molecular formula is C17H14F3NO. The van der Waals surface area contributed by atoms with Crippen molar-refractivity contribution in [1.82, 2.24) is 0 Å². The highest BCUT2D eigenvalue weighted by Crippen LogP contribution is 2.41. The van der Waals surface area contributed by atoms with Crippen molar-refractivity contribution in [3.63, 3.8) is 0 Å². The highest BCUT2D eigenvalue weighted by atomic mass is 19.4. The average Bonchev–Trinajstić information content (AvgIpc) is 2.78. The van der Waals surface area contributed by atoms with Crippen LogP contribution in [0.4, 0.5) is 18.9 Å². The first-order valence-electron chi connectivity index (χ1n) is 6.88. The lowest BCUT2D eigenvalue weighted by molar-refractivity contribution is -0.137. The molecule has 0 aliphatic carbocycles. The van der Waals surface area contributed by atoms with E-state index in [1.807, 2.05) is 0 Å². The quantitative estimate of drug-likeness (QED) is 0.826. The third kappa shape index (κ3) is 2.36. The Morgan fingerprint density at radius 2 is 1.82 bits per heavy atom. The Morgan fingerprint density at radius 3 is 2.50 bits per heavy atom. The van der Waals surface area contributed by atoms with Gasteiger partial charge in [-0.25, -0.2) is 0 Å².